The molecule has 0 heterocycles. The molecular weight excluding hydrogens is 232 g/mol. The van der Waals surface area contributed by atoms with E-state index < -0.39 is 0 Å². The molecule has 3 heteroatoms. The average Bonchev–Trinajstić information content (AvgIpc) is 2.17. The quantitative estimate of drug-likeness (QED) is 0.813. The Hall–Kier alpha value is -0.700. The molecule has 13 heavy (non-hydrogen) atoms. The zero-order valence-electron chi connectivity index (χ0n) is 7.76. The summed E-state index contributed by atoms with van der Waals surface area (Å²) < 4.78 is 11.2. The molecule has 0 spiro atoms. The Balaban J connectivity index is 3.18. The summed E-state index contributed by atoms with van der Waals surface area (Å²) in [4.78, 5) is 0. The van der Waals surface area contributed by atoms with Gasteiger partial charge in [-0.3, -0.25) is 0 Å². The smallest absolute Gasteiger partial charge is 0.133 e. The van der Waals surface area contributed by atoms with Crippen LogP contribution in [0.15, 0.2) is 16.6 Å². The van der Waals surface area contributed by atoms with Crippen molar-refractivity contribution < 1.29 is 9.47 Å². The Labute approximate surface area is 87.0 Å². The Morgan fingerprint density at radius 1 is 1.23 bits per heavy atom. The van der Waals surface area contributed by atoms with E-state index in [4.69, 9.17) is 9.47 Å². The fourth-order valence-electron chi connectivity index (χ4n) is 1.12. The minimum Gasteiger partial charge on any atom is -0.496 e. The first kappa shape index (κ1) is 10.4. The molecule has 0 fully saturated rings. The molecule has 0 unspecified atom stereocenters. The summed E-state index contributed by atoms with van der Waals surface area (Å²) in [5.41, 5.74) is 1.04. The Morgan fingerprint density at radius 3 is 2.31 bits per heavy atom. The van der Waals surface area contributed by atoms with Crippen LogP contribution in [0.5, 0.6) is 11.5 Å². The van der Waals surface area contributed by atoms with Crippen LogP contribution in [-0.4, -0.2) is 14.2 Å². The second kappa shape index (κ2) is 4.51. The van der Waals surface area contributed by atoms with Crippen LogP contribution < -0.4 is 9.47 Å². The summed E-state index contributed by atoms with van der Waals surface area (Å²) in [5, 5.41) is 0. The predicted octanol–water partition coefficient (Wildman–Crippen LogP) is 2.84. The Kier molecular flexibility index (Phi) is 3.60. The largest absolute Gasteiger partial charge is 0.496 e. The van der Waals surface area contributed by atoms with E-state index in [0.29, 0.717) is 6.42 Å². The van der Waals surface area contributed by atoms with Gasteiger partial charge < -0.3 is 9.47 Å². The molecule has 71 valence electrons. The summed E-state index contributed by atoms with van der Waals surface area (Å²) in [6.07, 6.45) is 0.687. The lowest BCUT2D eigenvalue weighted by molar-refractivity contribution is 0.397. The van der Waals surface area contributed by atoms with Gasteiger partial charge in [0.15, 0.2) is 0 Å². The van der Waals surface area contributed by atoms with Crippen molar-refractivity contribution >= 4 is 15.9 Å². The molecule has 0 amide bonds. The number of ether oxygens (including phenoxy) is 2. The fraction of sp³-hybridized carbons (Fsp3) is 0.300. The third-order valence-corrected chi connectivity index (χ3v) is 2.44. The van der Waals surface area contributed by atoms with Crippen LogP contribution in [0.1, 0.15) is 5.56 Å². The van der Waals surface area contributed by atoms with Gasteiger partial charge in [-0.1, -0.05) is 0 Å². The van der Waals surface area contributed by atoms with E-state index >= 15 is 0 Å². The zero-order valence-corrected chi connectivity index (χ0v) is 9.35. The first-order valence-corrected chi connectivity index (χ1v) is 4.71. The van der Waals surface area contributed by atoms with E-state index in [-0.39, 0.29) is 0 Å². The summed E-state index contributed by atoms with van der Waals surface area (Å²) in [7, 11) is 3.28. The van der Waals surface area contributed by atoms with Crippen molar-refractivity contribution in [1.29, 1.82) is 0 Å². The van der Waals surface area contributed by atoms with Gasteiger partial charge in [-0.25, -0.2) is 0 Å². The summed E-state index contributed by atoms with van der Waals surface area (Å²) in [6, 6.07) is 3.81. The van der Waals surface area contributed by atoms with Crippen LogP contribution in [0.2, 0.25) is 0 Å². The number of methoxy groups -OCH3 is 2. The molecule has 0 aromatic heterocycles. The van der Waals surface area contributed by atoms with Crippen LogP contribution >= 0.6 is 15.9 Å². The second-order valence-electron chi connectivity index (χ2n) is 2.55. The number of benzene rings is 1. The van der Waals surface area contributed by atoms with Gasteiger partial charge in [0, 0.05) is 0 Å². The maximum Gasteiger partial charge on any atom is 0.133 e. The lowest BCUT2D eigenvalue weighted by Crippen LogP contribution is -1.93. The summed E-state index contributed by atoms with van der Waals surface area (Å²) in [5.74, 6) is 1.64. The molecule has 1 radical (unpaired) electrons. The molecule has 0 aliphatic rings. The van der Waals surface area contributed by atoms with Crippen molar-refractivity contribution in [3.63, 3.8) is 0 Å². The van der Waals surface area contributed by atoms with Crippen LogP contribution in [0.3, 0.4) is 0 Å². The van der Waals surface area contributed by atoms with E-state index in [2.05, 4.69) is 22.9 Å². The van der Waals surface area contributed by atoms with E-state index in [0.717, 1.165) is 21.5 Å². The maximum atomic E-state index is 5.19. The van der Waals surface area contributed by atoms with Crippen LogP contribution in [0.25, 0.3) is 0 Å². The van der Waals surface area contributed by atoms with Gasteiger partial charge in [0.1, 0.15) is 11.5 Å². The minimum absolute atomic E-state index is 0.687. The molecule has 0 bridgehead atoms. The molecule has 0 saturated carbocycles. The maximum absolute atomic E-state index is 5.19. The van der Waals surface area contributed by atoms with Crippen molar-refractivity contribution in [1.82, 2.24) is 0 Å². The van der Waals surface area contributed by atoms with Gasteiger partial charge in [-0.2, -0.15) is 0 Å². The molecule has 1 rings (SSSR count). The van der Waals surface area contributed by atoms with Crippen LogP contribution in [-0.2, 0) is 6.42 Å². The molecule has 2 nitrogen and oxygen atoms in total. The number of rotatable bonds is 3. The lowest BCUT2D eigenvalue weighted by Gasteiger charge is -2.10. The molecule has 0 saturated heterocycles. The molecule has 0 aliphatic heterocycles. The number of hydrogen-bond acceptors (Lipinski definition) is 2. The molecule has 0 aliphatic carbocycles. The van der Waals surface area contributed by atoms with Crippen molar-refractivity contribution in [2.24, 2.45) is 0 Å². The third-order valence-electron chi connectivity index (χ3n) is 1.82. The molecule has 1 aromatic carbocycles. The van der Waals surface area contributed by atoms with Gasteiger partial charge in [0.05, 0.1) is 18.7 Å². The van der Waals surface area contributed by atoms with Gasteiger partial charge in [0.2, 0.25) is 0 Å². The lowest BCUT2D eigenvalue weighted by atomic mass is 10.1. The highest BCUT2D eigenvalue weighted by Gasteiger charge is 2.07. The molecule has 0 N–H and O–H groups in total. The summed E-state index contributed by atoms with van der Waals surface area (Å²) >= 11 is 3.39. The van der Waals surface area contributed by atoms with Crippen LogP contribution in [0.4, 0.5) is 0 Å². The topological polar surface area (TPSA) is 18.5 Å². The Morgan fingerprint density at radius 2 is 1.85 bits per heavy atom. The van der Waals surface area contributed by atoms with Crippen molar-refractivity contribution in [2.75, 3.05) is 14.2 Å². The SMILES string of the molecule is [CH2]Cc1cc(OC)c(Br)cc1OC. The average molecular weight is 244 g/mol. The van der Waals surface area contributed by atoms with Gasteiger partial charge in [0.25, 0.3) is 0 Å². The summed E-state index contributed by atoms with van der Waals surface area (Å²) in [6.45, 7) is 3.82. The van der Waals surface area contributed by atoms with E-state index in [1.54, 1.807) is 14.2 Å². The fourth-order valence-corrected chi connectivity index (χ4v) is 1.60. The van der Waals surface area contributed by atoms with Gasteiger partial charge in [-0.05, 0) is 47.0 Å². The van der Waals surface area contributed by atoms with Gasteiger partial charge in [-0.15, -0.1) is 0 Å². The monoisotopic (exact) mass is 243 g/mol. The third kappa shape index (κ3) is 2.15. The highest BCUT2D eigenvalue weighted by atomic mass is 79.9. The Bertz CT molecular complexity index is 297. The molecule has 0 atom stereocenters. The number of halogens is 1. The zero-order chi connectivity index (χ0) is 9.84. The van der Waals surface area contributed by atoms with E-state index in [1.165, 1.54) is 0 Å². The molecular formula is C10H12BrO2. The highest BCUT2D eigenvalue weighted by molar-refractivity contribution is 9.10. The minimum atomic E-state index is 0.687. The first-order valence-electron chi connectivity index (χ1n) is 3.92. The number of hydrogen-bond donors (Lipinski definition) is 0. The van der Waals surface area contributed by atoms with Gasteiger partial charge >= 0.3 is 0 Å². The van der Waals surface area contributed by atoms with E-state index in [1.807, 2.05) is 12.1 Å². The van der Waals surface area contributed by atoms with Crippen molar-refractivity contribution in [2.45, 2.75) is 6.42 Å². The predicted molar refractivity (Wildman–Crippen MR) is 56.3 cm³/mol. The second-order valence-corrected chi connectivity index (χ2v) is 3.40. The van der Waals surface area contributed by atoms with Crippen molar-refractivity contribution in [3.8, 4) is 11.5 Å². The first-order chi connectivity index (χ1) is 6.22. The van der Waals surface area contributed by atoms with E-state index in [9.17, 15) is 0 Å². The molecule has 1 aromatic rings. The normalized spacial score (nSPS) is 9.85. The standard InChI is InChI=1S/C10H12BrO2/c1-4-7-5-10(13-3)8(11)6-9(7)12-2/h5-6H,1,4H2,2-3H3. The van der Waals surface area contributed by atoms with Crippen LogP contribution in [0, 0.1) is 6.92 Å². The van der Waals surface area contributed by atoms with Crippen molar-refractivity contribution in [3.05, 3.63) is 29.1 Å². The highest BCUT2D eigenvalue weighted by Crippen LogP contribution is 2.32.